The van der Waals surface area contributed by atoms with Crippen molar-refractivity contribution >= 4 is 17.8 Å². The molecule has 0 bridgehead atoms. The van der Waals surface area contributed by atoms with Crippen LogP contribution in [0, 0.1) is 5.92 Å². The standard InChI is InChI=1S/C20H28N2O5/c1-20(2,3)15-8-6-13(7-9-15)18(24)21-11-16(23)22-17(19(25)26)14-5-4-10-27-12-14/h6-9,14,17H,4-5,10-12H2,1-3H3,(H,21,24)(H,22,23)(H,25,26). The topological polar surface area (TPSA) is 105 Å². The predicted octanol–water partition coefficient (Wildman–Crippen LogP) is 1.71. The molecule has 2 atom stereocenters. The number of benzene rings is 1. The van der Waals surface area contributed by atoms with Crippen LogP contribution in [0.1, 0.15) is 49.5 Å². The number of hydrogen-bond donors (Lipinski definition) is 3. The minimum absolute atomic E-state index is 0.0103. The molecule has 1 aromatic rings. The summed E-state index contributed by atoms with van der Waals surface area (Å²) in [6.07, 6.45) is 1.45. The maximum Gasteiger partial charge on any atom is 0.326 e. The van der Waals surface area contributed by atoms with Gasteiger partial charge in [-0.25, -0.2) is 4.79 Å². The van der Waals surface area contributed by atoms with E-state index in [4.69, 9.17) is 4.74 Å². The van der Waals surface area contributed by atoms with Crippen molar-refractivity contribution in [2.75, 3.05) is 19.8 Å². The molecule has 0 radical (unpaired) electrons. The third kappa shape index (κ3) is 6.06. The van der Waals surface area contributed by atoms with Crippen LogP contribution in [0.4, 0.5) is 0 Å². The molecule has 3 N–H and O–H groups in total. The third-order valence-electron chi connectivity index (χ3n) is 4.67. The molecule has 0 aromatic heterocycles. The summed E-state index contributed by atoms with van der Waals surface area (Å²) in [5.41, 5.74) is 1.55. The highest BCUT2D eigenvalue weighted by atomic mass is 16.5. The molecule has 1 heterocycles. The van der Waals surface area contributed by atoms with Gasteiger partial charge in [-0.05, 0) is 36.0 Å². The zero-order valence-electron chi connectivity index (χ0n) is 16.1. The number of carbonyl (C=O) groups is 3. The number of rotatable bonds is 6. The van der Waals surface area contributed by atoms with Gasteiger partial charge >= 0.3 is 5.97 Å². The molecule has 1 aliphatic rings. The van der Waals surface area contributed by atoms with Gasteiger partial charge in [0.05, 0.1) is 13.2 Å². The van der Waals surface area contributed by atoms with E-state index in [2.05, 4.69) is 31.4 Å². The molecular weight excluding hydrogens is 348 g/mol. The lowest BCUT2D eigenvalue weighted by Gasteiger charge is -2.28. The van der Waals surface area contributed by atoms with Crippen LogP contribution in [0.3, 0.4) is 0 Å². The Hall–Kier alpha value is -2.41. The molecule has 1 saturated heterocycles. The molecule has 1 fully saturated rings. The summed E-state index contributed by atoms with van der Waals surface area (Å²) in [4.78, 5) is 35.7. The molecule has 2 amide bonds. The number of aliphatic carboxylic acids is 1. The second kappa shape index (κ2) is 8.99. The Balaban J connectivity index is 1.88. The van der Waals surface area contributed by atoms with E-state index < -0.39 is 17.9 Å². The van der Waals surface area contributed by atoms with E-state index in [1.54, 1.807) is 12.1 Å². The fourth-order valence-corrected chi connectivity index (χ4v) is 3.02. The Morgan fingerprint density at radius 3 is 2.41 bits per heavy atom. The zero-order chi connectivity index (χ0) is 20.0. The number of ether oxygens (including phenoxy) is 1. The quantitative estimate of drug-likeness (QED) is 0.701. The van der Waals surface area contributed by atoms with Gasteiger partial charge in [0.1, 0.15) is 6.04 Å². The van der Waals surface area contributed by atoms with E-state index in [9.17, 15) is 19.5 Å². The van der Waals surface area contributed by atoms with E-state index in [1.807, 2.05) is 12.1 Å². The minimum Gasteiger partial charge on any atom is -0.480 e. The van der Waals surface area contributed by atoms with Crippen LogP contribution < -0.4 is 10.6 Å². The SMILES string of the molecule is CC(C)(C)c1ccc(C(=O)NCC(=O)NC(C(=O)O)C2CCCOC2)cc1. The van der Waals surface area contributed by atoms with Gasteiger partial charge in [0.2, 0.25) is 5.91 Å². The molecule has 27 heavy (non-hydrogen) atoms. The summed E-state index contributed by atoms with van der Waals surface area (Å²) >= 11 is 0. The van der Waals surface area contributed by atoms with Gasteiger partial charge in [-0.15, -0.1) is 0 Å². The van der Waals surface area contributed by atoms with Crippen molar-refractivity contribution in [3.05, 3.63) is 35.4 Å². The maximum absolute atomic E-state index is 12.2. The largest absolute Gasteiger partial charge is 0.480 e. The van der Waals surface area contributed by atoms with Crippen molar-refractivity contribution in [3.8, 4) is 0 Å². The first-order valence-corrected chi connectivity index (χ1v) is 9.17. The van der Waals surface area contributed by atoms with Crippen LogP contribution in [0.15, 0.2) is 24.3 Å². The van der Waals surface area contributed by atoms with Gasteiger partial charge in [0, 0.05) is 18.1 Å². The molecule has 0 aliphatic carbocycles. The van der Waals surface area contributed by atoms with Gasteiger partial charge in [0.25, 0.3) is 5.91 Å². The number of amides is 2. The second-order valence-corrected chi connectivity index (χ2v) is 7.87. The van der Waals surface area contributed by atoms with Crippen molar-refractivity contribution in [2.45, 2.75) is 45.1 Å². The van der Waals surface area contributed by atoms with Crippen LogP contribution in [0.25, 0.3) is 0 Å². The fraction of sp³-hybridized carbons (Fsp3) is 0.550. The van der Waals surface area contributed by atoms with Gasteiger partial charge in [-0.3, -0.25) is 9.59 Å². The first-order chi connectivity index (χ1) is 12.7. The number of carbonyl (C=O) groups excluding carboxylic acids is 2. The number of carboxylic acids is 1. The van der Waals surface area contributed by atoms with Crippen molar-refractivity contribution in [2.24, 2.45) is 5.92 Å². The molecule has 7 nitrogen and oxygen atoms in total. The Morgan fingerprint density at radius 2 is 1.89 bits per heavy atom. The van der Waals surface area contributed by atoms with Crippen molar-refractivity contribution in [1.82, 2.24) is 10.6 Å². The zero-order valence-corrected chi connectivity index (χ0v) is 16.1. The van der Waals surface area contributed by atoms with Crippen LogP contribution in [0.2, 0.25) is 0 Å². The highest BCUT2D eigenvalue weighted by molar-refractivity contribution is 5.96. The summed E-state index contributed by atoms with van der Waals surface area (Å²) in [6, 6.07) is 6.19. The fourth-order valence-electron chi connectivity index (χ4n) is 3.02. The van der Waals surface area contributed by atoms with Crippen LogP contribution in [-0.4, -0.2) is 48.7 Å². The molecule has 0 spiro atoms. The molecule has 7 heteroatoms. The molecule has 0 saturated carbocycles. The summed E-state index contributed by atoms with van der Waals surface area (Å²) in [6.45, 7) is 6.90. The van der Waals surface area contributed by atoms with E-state index in [0.29, 0.717) is 25.2 Å². The van der Waals surface area contributed by atoms with Gasteiger partial charge in [-0.1, -0.05) is 32.9 Å². The number of hydrogen-bond acceptors (Lipinski definition) is 4. The van der Waals surface area contributed by atoms with Crippen molar-refractivity contribution < 1.29 is 24.2 Å². The first-order valence-electron chi connectivity index (χ1n) is 9.17. The monoisotopic (exact) mass is 376 g/mol. The number of nitrogens with one attached hydrogen (secondary N) is 2. The highest BCUT2D eigenvalue weighted by Gasteiger charge is 2.31. The summed E-state index contributed by atoms with van der Waals surface area (Å²) < 4.78 is 5.30. The summed E-state index contributed by atoms with van der Waals surface area (Å²) in [5, 5.41) is 14.4. The average molecular weight is 376 g/mol. The van der Waals surface area contributed by atoms with Crippen LogP contribution in [0.5, 0.6) is 0 Å². The lowest BCUT2D eigenvalue weighted by Crippen LogP contribution is -2.51. The molecular formula is C20H28N2O5. The summed E-state index contributed by atoms with van der Waals surface area (Å²) in [5.74, 6) is -2.27. The van der Waals surface area contributed by atoms with Crippen LogP contribution in [-0.2, 0) is 19.7 Å². The second-order valence-electron chi connectivity index (χ2n) is 7.87. The number of carboxylic acid groups (broad SMARTS) is 1. The predicted molar refractivity (Wildman–Crippen MR) is 101 cm³/mol. The Morgan fingerprint density at radius 1 is 1.22 bits per heavy atom. The smallest absolute Gasteiger partial charge is 0.326 e. The van der Waals surface area contributed by atoms with Gasteiger partial charge < -0.3 is 20.5 Å². The Labute approximate surface area is 159 Å². The average Bonchev–Trinajstić information content (AvgIpc) is 2.64. The minimum atomic E-state index is -1.09. The first kappa shape index (κ1) is 20.9. The third-order valence-corrected chi connectivity index (χ3v) is 4.67. The molecule has 1 aromatic carbocycles. The van der Waals surface area contributed by atoms with E-state index in [0.717, 1.165) is 12.0 Å². The summed E-state index contributed by atoms with van der Waals surface area (Å²) in [7, 11) is 0. The van der Waals surface area contributed by atoms with E-state index >= 15 is 0 Å². The molecule has 148 valence electrons. The Bertz CT molecular complexity index is 673. The lowest BCUT2D eigenvalue weighted by molar-refractivity contribution is -0.145. The van der Waals surface area contributed by atoms with E-state index in [-0.39, 0.29) is 23.8 Å². The van der Waals surface area contributed by atoms with Gasteiger partial charge in [-0.2, -0.15) is 0 Å². The molecule has 2 rings (SSSR count). The van der Waals surface area contributed by atoms with Crippen LogP contribution >= 0.6 is 0 Å². The lowest BCUT2D eigenvalue weighted by atomic mass is 9.87. The van der Waals surface area contributed by atoms with Crippen molar-refractivity contribution in [3.63, 3.8) is 0 Å². The highest BCUT2D eigenvalue weighted by Crippen LogP contribution is 2.22. The van der Waals surface area contributed by atoms with E-state index in [1.165, 1.54) is 0 Å². The Kier molecular flexibility index (Phi) is 6.96. The van der Waals surface area contributed by atoms with Crippen molar-refractivity contribution in [1.29, 1.82) is 0 Å². The molecule has 2 unspecified atom stereocenters. The molecule has 1 aliphatic heterocycles. The maximum atomic E-state index is 12.2. The van der Waals surface area contributed by atoms with Gasteiger partial charge in [0.15, 0.2) is 0 Å². The normalized spacial score (nSPS) is 18.4.